The van der Waals surface area contributed by atoms with E-state index in [0.29, 0.717) is 0 Å². The molecule has 0 N–H and O–H groups in total. The Morgan fingerprint density at radius 2 is 1.11 bits per heavy atom. The predicted octanol–water partition coefficient (Wildman–Crippen LogP) is 5.19. The number of rotatable bonds is 3. The van der Waals surface area contributed by atoms with Gasteiger partial charge in [-0.3, -0.25) is 4.79 Å². The number of carbonyl (C=O) groups excluding carboxylic acids is 1. The van der Waals surface area contributed by atoms with Crippen molar-refractivity contribution in [1.82, 2.24) is 4.90 Å². The number of amides is 1. The van der Waals surface area contributed by atoms with Gasteiger partial charge in [-0.15, -0.1) is 0 Å². The van der Waals surface area contributed by atoms with Crippen molar-refractivity contribution in [3.63, 3.8) is 0 Å². The Kier molecular flexibility index (Phi) is 5.51. The van der Waals surface area contributed by atoms with E-state index in [1.807, 2.05) is 69.2 Å². The van der Waals surface area contributed by atoms with Crippen molar-refractivity contribution in [2.45, 2.75) is 91.6 Å². The molecule has 0 radical (unpaired) electrons. The lowest BCUT2D eigenvalue weighted by Gasteiger charge is -2.44. The topological polar surface area (TPSA) is 37.4 Å². The second-order valence-corrected chi connectivity index (χ2v) is 12.1. The second-order valence-electron chi connectivity index (χ2n) is 7.83. The van der Waals surface area contributed by atoms with Crippen LogP contribution >= 0.6 is 7.14 Å². The quantitative estimate of drug-likeness (QED) is 0.671. The van der Waals surface area contributed by atoms with Crippen molar-refractivity contribution >= 4 is 12.8 Å². The van der Waals surface area contributed by atoms with Crippen LogP contribution in [0, 0.1) is 0 Å². The first-order valence-corrected chi connectivity index (χ1v) is 8.81. The van der Waals surface area contributed by atoms with Gasteiger partial charge in [0.2, 0.25) is 0 Å². The molecule has 0 aliphatic heterocycles. The van der Waals surface area contributed by atoms with Crippen molar-refractivity contribution in [2.24, 2.45) is 0 Å². The summed E-state index contributed by atoms with van der Waals surface area (Å²) in [7, 11) is -3.05. The number of hydrogen-bond acceptors (Lipinski definition) is 2. The molecular formula is C15H32NO2P. The van der Waals surface area contributed by atoms with Crippen LogP contribution in [0.15, 0.2) is 0 Å². The zero-order valence-corrected chi connectivity index (χ0v) is 15.3. The van der Waals surface area contributed by atoms with Crippen LogP contribution in [0.4, 0.5) is 4.79 Å². The molecule has 0 aromatic heterocycles. The minimum Gasteiger partial charge on any atom is -0.331 e. The SMILES string of the molecule is CC(C)N(C(=O)P(=O)(C(C)(C)C)C(C)(C)C)C(C)C. The largest absolute Gasteiger partial charge is 0.331 e. The third-order valence-corrected chi connectivity index (χ3v) is 8.04. The summed E-state index contributed by atoms with van der Waals surface area (Å²) in [4.78, 5) is 14.8. The van der Waals surface area contributed by atoms with Crippen LogP contribution in [0.25, 0.3) is 0 Å². The van der Waals surface area contributed by atoms with Crippen molar-refractivity contribution in [3.8, 4) is 0 Å². The Bertz CT molecular complexity index is 347. The molecule has 0 aliphatic rings. The van der Waals surface area contributed by atoms with Crippen molar-refractivity contribution in [3.05, 3.63) is 0 Å². The lowest BCUT2D eigenvalue weighted by atomic mass is 10.2. The molecule has 0 fully saturated rings. The van der Waals surface area contributed by atoms with E-state index < -0.39 is 17.5 Å². The van der Waals surface area contributed by atoms with E-state index in [2.05, 4.69) is 0 Å². The Hall–Kier alpha value is -0.300. The molecule has 0 heterocycles. The molecular weight excluding hydrogens is 257 g/mol. The van der Waals surface area contributed by atoms with E-state index in [9.17, 15) is 9.36 Å². The zero-order chi connectivity index (χ0) is 15.8. The third-order valence-electron chi connectivity index (χ3n) is 3.49. The maximum Gasteiger partial charge on any atom is 0.282 e. The second kappa shape index (κ2) is 5.60. The van der Waals surface area contributed by atoms with Gasteiger partial charge >= 0.3 is 0 Å². The standard InChI is InChI=1S/C15H32NO2P/c1-11(2)16(12(3)4)13(17)19(18,14(5,6)7)15(8,9)10/h11-12H,1-10H3. The Labute approximate surface area is 119 Å². The van der Waals surface area contributed by atoms with E-state index in [0.717, 1.165) is 0 Å². The smallest absolute Gasteiger partial charge is 0.282 e. The normalized spacial score (nSPS) is 14.1. The third kappa shape index (κ3) is 3.42. The highest BCUT2D eigenvalue weighted by Gasteiger charge is 2.54. The summed E-state index contributed by atoms with van der Waals surface area (Å²) in [6, 6.07) is 0.121. The fraction of sp³-hybridized carbons (Fsp3) is 0.933. The van der Waals surface area contributed by atoms with Crippen molar-refractivity contribution in [2.75, 3.05) is 0 Å². The summed E-state index contributed by atoms with van der Waals surface area (Å²) in [5.41, 5.74) is -0.169. The van der Waals surface area contributed by atoms with E-state index in [1.54, 1.807) is 4.90 Å². The van der Waals surface area contributed by atoms with E-state index >= 15 is 0 Å². The summed E-state index contributed by atoms with van der Waals surface area (Å²) in [5, 5.41) is -1.05. The monoisotopic (exact) mass is 289 g/mol. The number of carbonyl (C=O) groups is 1. The molecule has 0 spiro atoms. The summed E-state index contributed by atoms with van der Waals surface area (Å²) >= 11 is 0. The van der Waals surface area contributed by atoms with Crippen LogP contribution < -0.4 is 0 Å². The van der Waals surface area contributed by atoms with Crippen LogP contribution in [0.5, 0.6) is 0 Å². The molecule has 114 valence electrons. The predicted molar refractivity (Wildman–Crippen MR) is 84.6 cm³/mol. The van der Waals surface area contributed by atoms with Crippen molar-refractivity contribution in [1.29, 1.82) is 0 Å². The van der Waals surface area contributed by atoms with Crippen LogP contribution in [-0.4, -0.2) is 32.9 Å². The van der Waals surface area contributed by atoms with Gasteiger partial charge in [0.15, 0.2) is 7.14 Å². The molecule has 4 heteroatoms. The highest BCUT2D eigenvalue weighted by molar-refractivity contribution is 7.82. The van der Waals surface area contributed by atoms with Crippen molar-refractivity contribution < 1.29 is 9.36 Å². The molecule has 0 saturated carbocycles. The molecule has 0 atom stereocenters. The fourth-order valence-electron chi connectivity index (χ4n) is 2.78. The van der Waals surface area contributed by atoms with Crippen LogP contribution in [0.3, 0.4) is 0 Å². The maximum absolute atomic E-state index is 13.6. The minimum atomic E-state index is -3.05. The molecule has 1 amide bonds. The summed E-state index contributed by atoms with van der Waals surface area (Å²) in [6.45, 7) is 19.4. The Morgan fingerprint density at radius 1 is 0.842 bits per heavy atom. The van der Waals surface area contributed by atoms with E-state index in [4.69, 9.17) is 0 Å². The first-order valence-electron chi connectivity index (χ1n) is 7.11. The average Bonchev–Trinajstić information content (AvgIpc) is 2.11. The van der Waals surface area contributed by atoms with Crippen LogP contribution in [-0.2, 0) is 4.57 Å². The van der Waals surface area contributed by atoms with Gasteiger partial charge in [-0.05, 0) is 27.7 Å². The fourth-order valence-corrected chi connectivity index (χ4v) is 6.73. The van der Waals surface area contributed by atoms with Gasteiger partial charge in [-0.25, -0.2) is 0 Å². The van der Waals surface area contributed by atoms with Gasteiger partial charge in [0.25, 0.3) is 5.65 Å². The Morgan fingerprint density at radius 3 is 1.26 bits per heavy atom. The lowest BCUT2D eigenvalue weighted by molar-refractivity contribution is 0.185. The first-order chi connectivity index (χ1) is 8.18. The zero-order valence-electron chi connectivity index (χ0n) is 14.4. The van der Waals surface area contributed by atoms with Gasteiger partial charge in [0.1, 0.15) is 0 Å². The number of nitrogens with zero attached hydrogens (tertiary/aromatic N) is 1. The molecule has 0 aliphatic carbocycles. The van der Waals surface area contributed by atoms with Gasteiger partial charge in [-0.1, -0.05) is 41.5 Å². The molecule has 0 aromatic carbocycles. The van der Waals surface area contributed by atoms with E-state index in [-0.39, 0.29) is 17.7 Å². The molecule has 0 saturated heterocycles. The molecule has 19 heavy (non-hydrogen) atoms. The molecule has 0 bridgehead atoms. The number of hydrogen-bond donors (Lipinski definition) is 0. The lowest BCUT2D eigenvalue weighted by Crippen LogP contribution is -2.46. The summed E-state index contributed by atoms with van der Waals surface area (Å²) < 4.78 is 13.6. The van der Waals surface area contributed by atoms with Gasteiger partial charge in [0, 0.05) is 22.4 Å². The highest BCUT2D eigenvalue weighted by atomic mass is 31.2. The van der Waals surface area contributed by atoms with Gasteiger partial charge in [0.05, 0.1) is 0 Å². The average molecular weight is 289 g/mol. The Balaban J connectivity index is 5.95. The van der Waals surface area contributed by atoms with Gasteiger partial charge in [-0.2, -0.15) is 0 Å². The van der Waals surface area contributed by atoms with Gasteiger partial charge < -0.3 is 9.46 Å². The minimum absolute atomic E-state index is 0.0607. The van der Waals surface area contributed by atoms with E-state index in [1.165, 1.54) is 0 Å². The highest BCUT2D eigenvalue weighted by Crippen LogP contribution is 2.68. The molecule has 0 unspecified atom stereocenters. The summed E-state index contributed by atoms with van der Waals surface area (Å²) in [5.74, 6) is 0. The molecule has 0 rings (SSSR count). The van der Waals surface area contributed by atoms with Crippen LogP contribution in [0.1, 0.15) is 69.2 Å². The molecule has 0 aromatic rings. The molecule has 3 nitrogen and oxygen atoms in total. The van der Waals surface area contributed by atoms with Crippen LogP contribution in [0.2, 0.25) is 0 Å². The first kappa shape index (κ1) is 18.7. The maximum atomic E-state index is 13.6. The summed E-state index contributed by atoms with van der Waals surface area (Å²) in [6.07, 6.45) is 0.